The van der Waals surface area contributed by atoms with E-state index >= 15 is 0 Å². The molecule has 2 saturated heterocycles. The molecule has 0 aromatic carbocycles. The predicted octanol–water partition coefficient (Wildman–Crippen LogP) is 1.37. The third kappa shape index (κ3) is 2.26. The van der Waals surface area contributed by atoms with Crippen LogP contribution in [0.2, 0.25) is 0 Å². The third-order valence-corrected chi connectivity index (χ3v) is 3.45. The van der Waals surface area contributed by atoms with Gasteiger partial charge in [0.15, 0.2) is 0 Å². The van der Waals surface area contributed by atoms with Gasteiger partial charge in [-0.2, -0.15) is 0 Å². The zero-order valence-electron chi connectivity index (χ0n) is 9.25. The molecule has 0 radical (unpaired) electrons. The smallest absolute Gasteiger partial charge is 0.114 e. The number of hydrogen-bond acceptors (Lipinski definition) is 2. The number of hydrogen-bond donors (Lipinski definition) is 0. The van der Waals surface area contributed by atoms with E-state index in [1.165, 1.54) is 13.1 Å². The van der Waals surface area contributed by atoms with Crippen LogP contribution >= 0.6 is 0 Å². The Bertz CT molecular complexity index is 190. The molecule has 0 amide bonds. The van der Waals surface area contributed by atoms with Crippen molar-refractivity contribution in [2.75, 3.05) is 32.7 Å². The van der Waals surface area contributed by atoms with E-state index in [0.29, 0.717) is 12.6 Å². The minimum absolute atomic E-state index is 0.559. The van der Waals surface area contributed by atoms with Gasteiger partial charge in [0, 0.05) is 38.8 Å². The Labute approximate surface area is 86.1 Å². The van der Waals surface area contributed by atoms with Crippen LogP contribution < -0.4 is 0 Å². The largest absolute Gasteiger partial charge is 0.300 e. The molecule has 2 fully saturated rings. The molecule has 2 aliphatic rings. The second kappa shape index (κ2) is 4.15. The maximum Gasteiger partial charge on any atom is 0.114 e. The molecule has 0 bridgehead atoms. The molecule has 0 aromatic rings. The minimum Gasteiger partial charge on any atom is -0.300 e. The Hall–Kier alpha value is -0.150. The van der Waals surface area contributed by atoms with E-state index in [1.807, 2.05) is 0 Å². The van der Waals surface area contributed by atoms with Gasteiger partial charge in [-0.3, -0.25) is 4.90 Å². The van der Waals surface area contributed by atoms with Gasteiger partial charge >= 0.3 is 0 Å². The highest BCUT2D eigenvalue weighted by Gasteiger charge is 2.31. The summed E-state index contributed by atoms with van der Waals surface area (Å²) in [5, 5.41) is 0. The lowest BCUT2D eigenvalue weighted by Gasteiger charge is -2.43. The van der Waals surface area contributed by atoms with Crippen molar-refractivity contribution in [3.05, 3.63) is 0 Å². The lowest BCUT2D eigenvalue weighted by molar-refractivity contribution is 0.0461. The van der Waals surface area contributed by atoms with E-state index in [4.69, 9.17) is 0 Å². The van der Waals surface area contributed by atoms with Gasteiger partial charge in [0.1, 0.15) is 6.17 Å². The normalized spacial score (nSPS) is 31.3. The Morgan fingerprint density at radius 2 is 2.00 bits per heavy atom. The van der Waals surface area contributed by atoms with Gasteiger partial charge < -0.3 is 4.90 Å². The second-order valence-electron chi connectivity index (χ2n) is 5.06. The number of halogens is 1. The molecular weight excluding hydrogens is 179 g/mol. The molecular formula is C11H21FN2. The summed E-state index contributed by atoms with van der Waals surface area (Å²) in [5.41, 5.74) is 0. The van der Waals surface area contributed by atoms with Crippen LogP contribution in [0.5, 0.6) is 0 Å². The lowest BCUT2D eigenvalue weighted by Crippen LogP contribution is -2.53. The highest BCUT2D eigenvalue weighted by atomic mass is 19.1. The second-order valence-corrected chi connectivity index (χ2v) is 5.06. The van der Waals surface area contributed by atoms with Gasteiger partial charge in [0.05, 0.1) is 0 Å². The van der Waals surface area contributed by atoms with E-state index in [1.54, 1.807) is 0 Å². The van der Waals surface area contributed by atoms with Gasteiger partial charge in [-0.25, -0.2) is 4.39 Å². The Morgan fingerprint density at radius 3 is 2.50 bits per heavy atom. The molecule has 3 heteroatoms. The predicted molar refractivity (Wildman–Crippen MR) is 56.2 cm³/mol. The van der Waals surface area contributed by atoms with Crippen LogP contribution in [0.15, 0.2) is 0 Å². The SMILES string of the molecule is CC(C)N1CC(CN2CC[C@H](F)C2)C1. The number of rotatable bonds is 3. The topological polar surface area (TPSA) is 6.48 Å². The molecule has 0 aromatic heterocycles. The summed E-state index contributed by atoms with van der Waals surface area (Å²) in [5.74, 6) is 0.794. The van der Waals surface area contributed by atoms with Crippen molar-refractivity contribution in [2.24, 2.45) is 5.92 Å². The number of alkyl halides is 1. The fourth-order valence-corrected chi connectivity index (χ4v) is 2.46. The lowest BCUT2D eigenvalue weighted by atomic mass is 9.98. The van der Waals surface area contributed by atoms with Crippen LogP contribution in [0.4, 0.5) is 4.39 Å². The zero-order chi connectivity index (χ0) is 10.1. The molecule has 82 valence electrons. The van der Waals surface area contributed by atoms with Gasteiger partial charge in [-0.15, -0.1) is 0 Å². The standard InChI is InChI=1S/C11H21FN2/c1-9(2)14-6-10(7-14)5-13-4-3-11(12)8-13/h9-11H,3-8H2,1-2H3/t11-/m0/s1. The van der Waals surface area contributed by atoms with Crippen LogP contribution in [0.1, 0.15) is 20.3 Å². The van der Waals surface area contributed by atoms with E-state index < -0.39 is 6.17 Å². The maximum atomic E-state index is 12.9. The summed E-state index contributed by atoms with van der Waals surface area (Å²) in [6, 6.07) is 0.679. The van der Waals surface area contributed by atoms with Crippen molar-refractivity contribution >= 4 is 0 Å². The van der Waals surface area contributed by atoms with E-state index in [0.717, 1.165) is 25.4 Å². The summed E-state index contributed by atoms with van der Waals surface area (Å²) in [7, 11) is 0. The molecule has 14 heavy (non-hydrogen) atoms. The molecule has 2 heterocycles. The molecule has 0 N–H and O–H groups in total. The van der Waals surface area contributed by atoms with E-state index in [2.05, 4.69) is 23.6 Å². The van der Waals surface area contributed by atoms with Crippen LogP contribution in [0.3, 0.4) is 0 Å². The van der Waals surface area contributed by atoms with Crippen molar-refractivity contribution in [2.45, 2.75) is 32.5 Å². The first-order chi connectivity index (χ1) is 6.65. The first-order valence-electron chi connectivity index (χ1n) is 5.75. The monoisotopic (exact) mass is 200 g/mol. The van der Waals surface area contributed by atoms with Crippen LogP contribution in [0, 0.1) is 5.92 Å². The van der Waals surface area contributed by atoms with Crippen LogP contribution in [-0.4, -0.2) is 54.7 Å². The molecule has 0 spiro atoms. The number of nitrogens with zero attached hydrogens (tertiary/aromatic N) is 2. The van der Waals surface area contributed by atoms with Crippen molar-refractivity contribution in [3.8, 4) is 0 Å². The molecule has 2 nitrogen and oxygen atoms in total. The van der Waals surface area contributed by atoms with Gasteiger partial charge in [0.25, 0.3) is 0 Å². The molecule has 0 aliphatic carbocycles. The molecule has 1 atom stereocenters. The molecule has 2 rings (SSSR count). The fraction of sp³-hybridized carbons (Fsp3) is 1.00. The summed E-state index contributed by atoms with van der Waals surface area (Å²) >= 11 is 0. The molecule has 0 unspecified atom stereocenters. The average Bonchev–Trinajstić information content (AvgIpc) is 2.42. The Morgan fingerprint density at radius 1 is 1.29 bits per heavy atom. The maximum absolute atomic E-state index is 12.9. The minimum atomic E-state index is -0.559. The quantitative estimate of drug-likeness (QED) is 0.679. The summed E-state index contributed by atoms with van der Waals surface area (Å²) in [4.78, 5) is 4.76. The highest BCUT2D eigenvalue weighted by Crippen LogP contribution is 2.21. The average molecular weight is 200 g/mol. The van der Waals surface area contributed by atoms with Gasteiger partial charge in [-0.05, 0) is 26.2 Å². The number of likely N-dealkylation sites (tertiary alicyclic amines) is 2. The van der Waals surface area contributed by atoms with E-state index in [-0.39, 0.29) is 0 Å². The van der Waals surface area contributed by atoms with Crippen LogP contribution in [-0.2, 0) is 0 Å². The van der Waals surface area contributed by atoms with Crippen molar-refractivity contribution in [1.29, 1.82) is 0 Å². The zero-order valence-corrected chi connectivity index (χ0v) is 9.25. The van der Waals surface area contributed by atoms with Crippen molar-refractivity contribution < 1.29 is 4.39 Å². The molecule has 2 aliphatic heterocycles. The summed E-state index contributed by atoms with van der Waals surface area (Å²) < 4.78 is 12.9. The van der Waals surface area contributed by atoms with Gasteiger partial charge in [0.2, 0.25) is 0 Å². The summed E-state index contributed by atoms with van der Waals surface area (Å²) in [6.45, 7) is 9.67. The summed E-state index contributed by atoms with van der Waals surface area (Å²) in [6.07, 6.45) is 0.192. The highest BCUT2D eigenvalue weighted by molar-refractivity contribution is 4.86. The van der Waals surface area contributed by atoms with Crippen molar-refractivity contribution in [1.82, 2.24) is 9.80 Å². The van der Waals surface area contributed by atoms with E-state index in [9.17, 15) is 4.39 Å². The first kappa shape index (κ1) is 10.4. The van der Waals surface area contributed by atoms with Crippen molar-refractivity contribution in [3.63, 3.8) is 0 Å². The first-order valence-corrected chi connectivity index (χ1v) is 5.75. The molecule has 0 saturated carbocycles. The Balaban J connectivity index is 1.64. The fourth-order valence-electron chi connectivity index (χ4n) is 2.46. The van der Waals surface area contributed by atoms with Crippen LogP contribution in [0.25, 0.3) is 0 Å². The Kier molecular flexibility index (Phi) is 3.07. The third-order valence-electron chi connectivity index (χ3n) is 3.45. The van der Waals surface area contributed by atoms with Gasteiger partial charge in [-0.1, -0.05) is 0 Å².